The molecule has 1 aliphatic rings. The lowest BCUT2D eigenvalue weighted by molar-refractivity contribution is -0.384. The third kappa shape index (κ3) is 4.28. The molecule has 1 amide bonds. The first-order valence-electron chi connectivity index (χ1n) is 10.2. The molecule has 2 aromatic carbocycles. The maximum Gasteiger partial charge on any atom is 0.272 e. The molecule has 0 bridgehead atoms. The summed E-state index contributed by atoms with van der Waals surface area (Å²) in [6.07, 6.45) is 1.94. The Morgan fingerprint density at radius 2 is 1.84 bits per heavy atom. The van der Waals surface area contributed by atoms with Gasteiger partial charge in [-0.2, -0.15) is 5.10 Å². The van der Waals surface area contributed by atoms with Gasteiger partial charge in [-0.25, -0.2) is 4.68 Å². The fourth-order valence-corrected chi connectivity index (χ4v) is 3.74. The molecule has 31 heavy (non-hydrogen) atoms. The largest absolute Gasteiger partial charge is 0.497 e. The molecule has 3 aromatic rings. The molecular weight excluding hydrogens is 396 g/mol. The van der Waals surface area contributed by atoms with Crippen LogP contribution in [0.4, 0.5) is 5.69 Å². The van der Waals surface area contributed by atoms with Gasteiger partial charge in [0.2, 0.25) is 0 Å². The highest BCUT2D eigenvalue weighted by Gasteiger charge is 2.26. The zero-order valence-corrected chi connectivity index (χ0v) is 17.5. The Hall–Kier alpha value is -3.68. The number of nitro benzene ring substituents is 1. The number of nitro groups is 1. The van der Waals surface area contributed by atoms with Gasteiger partial charge in [0.15, 0.2) is 0 Å². The molecule has 1 aromatic heterocycles. The van der Waals surface area contributed by atoms with Crippen molar-refractivity contribution in [3.63, 3.8) is 0 Å². The van der Waals surface area contributed by atoms with E-state index in [0.717, 1.165) is 18.4 Å². The van der Waals surface area contributed by atoms with E-state index in [1.54, 1.807) is 30.0 Å². The van der Waals surface area contributed by atoms with Gasteiger partial charge in [0.05, 0.1) is 23.4 Å². The topological polar surface area (TPSA) is 90.5 Å². The van der Waals surface area contributed by atoms with E-state index in [1.165, 1.54) is 12.1 Å². The molecule has 0 atom stereocenters. The number of methoxy groups -OCH3 is 1. The Balaban J connectivity index is 1.76. The highest BCUT2D eigenvalue weighted by molar-refractivity contribution is 5.94. The number of rotatable bonds is 5. The second-order valence-corrected chi connectivity index (χ2v) is 7.81. The Kier molecular flexibility index (Phi) is 5.70. The number of benzene rings is 2. The van der Waals surface area contributed by atoms with Crippen LogP contribution in [0, 0.1) is 16.0 Å². The van der Waals surface area contributed by atoms with Crippen molar-refractivity contribution >= 4 is 11.6 Å². The number of non-ortho nitro benzene ring substituents is 1. The minimum absolute atomic E-state index is 0.0122. The van der Waals surface area contributed by atoms with Gasteiger partial charge in [0, 0.05) is 30.8 Å². The predicted octanol–water partition coefficient (Wildman–Crippen LogP) is 4.33. The van der Waals surface area contributed by atoms with Crippen molar-refractivity contribution in [3.8, 4) is 22.7 Å². The number of piperidine rings is 1. The van der Waals surface area contributed by atoms with Crippen LogP contribution in [0.3, 0.4) is 0 Å². The standard InChI is InChI=1S/C23H24N4O4/c1-16-10-12-25(13-11-16)23(28)22-15-21(17-4-3-5-20(14-17)31-2)24-26(22)18-6-8-19(9-7-18)27(29)30/h3-9,14-16H,10-13H2,1-2H3. The van der Waals surface area contributed by atoms with Gasteiger partial charge in [0.25, 0.3) is 11.6 Å². The molecule has 0 N–H and O–H groups in total. The summed E-state index contributed by atoms with van der Waals surface area (Å²) in [5.41, 5.74) is 2.46. The van der Waals surface area contributed by atoms with Crippen LogP contribution >= 0.6 is 0 Å². The summed E-state index contributed by atoms with van der Waals surface area (Å²) in [5.74, 6) is 1.21. The number of nitrogens with zero attached hydrogens (tertiary/aromatic N) is 4. The van der Waals surface area contributed by atoms with Gasteiger partial charge in [0.1, 0.15) is 11.4 Å². The van der Waals surface area contributed by atoms with Crippen LogP contribution in [0.5, 0.6) is 5.75 Å². The highest BCUT2D eigenvalue weighted by Crippen LogP contribution is 2.27. The van der Waals surface area contributed by atoms with Crippen LogP contribution < -0.4 is 4.74 Å². The molecule has 0 unspecified atom stereocenters. The van der Waals surface area contributed by atoms with Crippen LogP contribution in [-0.4, -0.2) is 45.7 Å². The van der Waals surface area contributed by atoms with Crippen molar-refractivity contribution in [2.45, 2.75) is 19.8 Å². The van der Waals surface area contributed by atoms with Gasteiger partial charge in [-0.05, 0) is 49.1 Å². The molecule has 8 heteroatoms. The van der Waals surface area contributed by atoms with E-state index < -0.39 is 4.92 Å². The third-order valence-electron chi connectivity index (χ3n) is 5.67. The maximum absolute atomic E-state index is 13.4. The molecule has 8 nitrogen and oxygen atoms in total. The average Bonchev–Trinajstić information content (AvgIpc) is 3.25. The van der Waals surface area contributed by atoms with E-state index in [-0.39, 0.29) is 11.6 Å². The minimum Gasteiger partial charge on any atom is -0.497 e. The summed E-state index contributed by atoms with van der Waals surface area (Å²) in [6.45, 7) is 3.61. The Bertz CT molecular complexity index is 1100. The van der Waals surface area contributed by atoms with Gasteiger partial charge in [-0.15, -0.1) is 0 Å². The van der Waals surface area contributed by atoms with Crippen LogP contribution in [0.2, 0.25) is 0 Å². The van der Waals surface area contributed by atoms with Crippen LogP contribution in [0.25, 0.3) is 16.9 Å². The van der Waals surface area contributed by atoms with Crippen molar-refractivity contribution in [1.29, 1.82) is 0 Å². The Labute approximate surface area is 180 Å². The second-order valence-electron chi connectivity index (χ2n) is 7.81. The Morgan fingerprint density at radius 3 is 2.48 bits per heavy atom. The fourth-order valence-electron chi connectivity index (χ4n) is 3.74. The number of carbonyl (C=O) groups is 1. The highest BCUT2D eigenvalue weighted by atomic mass is 16.6. The first kappa shape index (κ1) is 20.6. The Morgan fingerprint density at radius 1 is 1.13 bits per heavy atom. The van der Waals surface area contributed by atoms with Crippen molar-refractivity contribution in [3.05, 3.63) is 70.4 Å². The van der Waals surface area contributed by atoms with Crippen molar-refractivity contribution < 1.29 is 14.5 Å². The van der Waals surface area contributed by atoms with Gasteiger partial charge in [-0.1, -0.05) is 19.1 Å². The molecule has 1 fully saturated rings. The van der Waals surface area contributed by atoms with Crippen molar-refractivity contribution in [2.24, 2.45) is 5.92 Å². The summed E-state index contributed by atoms with van der Waals surface area (Å²) in [7, 11) is 1.60. The van der Waals surface area contributed by atoms with E-state index >= 15 is 0 Å². The van der Waals surface area contributed by atoms with E-state index in [0.29, 0.717) is 41.8 Å². The summed E-state index contributed by atoms with van der Waals surface area (Å²) in [5, 5.41) is 15.7. The molecule has 160 valence electrons. The van der Waals surface area contributed by atoms with Crippen LogP contribution in [0.15, 0.2) is 54.6 Å². The SMILES string of the molecule is COc1cccc(-c2cc(C(=O)N3CCC(C)CC3)n(-c3ccc([N+](=O)[O-])cc3)n2)c1. The molecule has 1 aliphatic heterocycles. The molecule has 0 spiro atoms. The summed E-state index contributed by atoms with van der Waals surface area (Å²) in [6, 6.07) is 15.3. The lowest BCUT2D eigenvalue weighted by Crippen LogP contribution is -2.38. The van der Waals surface area contributed by atoms with Gasteiger partial charge in [-0.3, -0.25) is 14.9 Å². The summed E-state index contributed by atoms with van der Waals surface area (Å²) in [4.78, 5) is 25.8. The van der Waals surface area contributed by atoms with E-state index in [9.17, 15) is 14.9 Å². The number of hydrogen-bond acceptors (Lipinski definition) is 5. The minimum atomic E-state index is -0.449. The number of aromatic nitrogens is 2. The molecule has 2 heterocycles. The van der Waals surface area contributed by atoms with Gasteiger partial charge >= 0.3 is 0 Å². The molecule has 0 radical (unpaired) electrons. The molecule has 0 aliphatic carbocycles. The smallest absolute Gasteiger partial charge is 0.272 e. The summed E-state index contributed by atoms with van der Waals surface area (Å²) < 4.78 is 6.88. The average molecular weight is 420 g/mol. The van der Waals surface area contributed by atoms with Crippen LogP contribution in [-0.2, 0) is 0 Å². The van der Waals surface area contributed by atoms with Crippen molar-refractivity contribution in [1.82, 2.24) is 14.7 Å². The maximum atomic E-state index is 13.4. The lowest BCUT2D eigenvalue weighted by atomic mass is 9.99. The first-order chi connectivity index (χ1) is 15.0. The first-order valence-corrected chi connectivity index (χ1v) is 10.2. The lowest BCUT2D eigenvalue weighted by Gasteiger charge is -2.30. The number of hydrogen-bond donors (Lipinski definition) is 0. The monoisotopic (exact) mass is 420 g/mol. The zero-order valence-electron chi connectivity index (χ0n) is 17.5. The second kappa shape index (κ2) is 8.59. The molecule has 4 rings (SSSR count). The van der Waals surface area contributed by atoms with Gasteiger partial charge < -0.3 is 9.64 Å². The molecular formula is C23H24N4O4. The van der Waals surface area contributed by atoms with Crippen LogP contribution in [0.1, 0.15) is 30.3 Å². The van der Waals surface area contributed by atoms with Crippen molar-refractivity contribution in [2.75, 3.05) is 20.2 Å². The number of amides is 1. The third-order valence-corrected chi connectivity index (χ3v) is 5.67. The quantitative estimate of drug-likeness (QED) is 0.453. The fraction of sp³-hybridized carbons (Fsp3) is 0.304. The zero-order chi connectivity index (χ0) is 22.0. The van der Waals surface area contributed by atoms with E-state index in [4.69, 9.17) is 4.74 Å². The molecule has 1 saturated heterocycles. The van der Waals surface area contributed by atoms with E-state index in [1.807, 2.05) is 29.2 Å². The summed E-state index contributed by atoms with van der Waals surface area (Å²) >= 11 is 0. The molecule has 0 saturated carbocycles. The number of likely N-dealkylation sites (tertiary alicyclic amines) is 1. The number of carbonyl (C=O) groups excluding carboxylic acids is 1. The predicted molar refractivity (Wildman–Crippen MR) is 117 cm³/mol. The van der Waals surface area contributed by atoms with E-state index in [2.05, 4.69) is 12.0 Å². The normalized spacial score (nSPS) is 14.5. The number of ether oxygens (including phenoxy) is 1.